The molecule has 1 atom stereocenters. The Morgan fingerprint density at radius 2 is 1.93 bits per heavy atom. The van der Waals surface area contributed by atoms with Gasteiger partial charge in [0.25, 0.3) is 0 Å². The van der Waals surface area contributed by atoms with Gasteiger partial charge >= 0.3 is 0 Å². The average molecular weight is 246 g/mol. The molecule has 1 aromatic heterocycles. The molecule has 0 aliphatic rings. The smallest absolute Gasteiger partial charge is 0.171 e. The molecule has 3 nitrogen and oxygen atoms in total. The van der Waals surface area contributed by atoms with Crippen LogP contribution in [0.1, 0.15) is 18.3 Å². The zero-order valence-corrected chi connectivity index (χ0v) is 11.0. The molecule has 0 spiro atoms. The monoisotopic (exact) mass is 245 g/mol. The lowest BCUT2D eigenvalue weighted by Crippen LogP contribution is -2.14. The molecule has 1 aromatic rings. The maximum absolute atomic E-state index is 5.99. The van der Waals surface area contributed by atoms with Gasteiger partial charge in [-0.25, -0.2) is 9.97 Å². The van der Waals surface area contributed by atoms with E-state index in [2.05, 4.69) is 28.5 Å². The number of nitrogens with zero attached hydrogens (tertiary/aromatic N) is 2. The molecule has 0 bridgehead atoms. The standard InChI is InChI=1S/C10H16ClN3S/c1-6(15-4)5-12-10-9(11)13-7(2)8(3)14-10/h6H,5H2,1-4H3,(H,12,14). The Kier molecular flexibility index (Phi) is 4.67. The van der Waals surface area contributed by atoms with E-state index in [-0.39, 0.29) is 0 Å². The Balaban J connectivity index is 2.73. The highest BCUT2D eigenvalue weighted by Gasteiger charge is 2.07. The van der Waals surface area contributed by atoms with E-state index in [9.17, 15) is 0 Å². The predicted octanol–water partition coefficient (Wildman–Crippen LogP) is 2.91. The first-order valence-corrected chi connectivity index (χ1v) is 6.48. The van der Waals surface area contributed by atoms with E-state index in [1.54, 1.807) is 11.8 Å². The molecule has 0 aliphatic carbocycles. The van der Waals surface area contributed by atoms with Crippen molar-refractivity contribution in [3.63, 3.8) is 0 Å². The van der Waals surface area contributed by atoms with Gasteiger partial charge in [-0.15, -0.1) is 0 Å². The van der Waals surface area contributed by atoms with E-state index in [1.807, 2.05) is 13.8 Å². The fourth-order valence-corrected chi connectivity index (χ4v) is 1.50. The first-order valence-electron chi connectivity index (χ1n) is 4.82. The fourth-order valence-electron chi connectivity index (χ4n) is 1.01. The van der Waals surface area contributed by atoms with Crippen LogP contribution in [-0.2, 0) is 0 Å². The third kappa shape index (κ3) is 3.54. The quantitative estimate of drug-likeness (QED) is 0.885. The Morgan fingerprint density at radius 3 is 2.53 bits per heavy atom. The highest BCUT2D eigenvalue weighted by molar-refractivity contribution is 7.99. The summed E-state index contributed by atoms with van der Waals surface area (Å²) in [5.41, 5.74) is 1.79. The molecular weight excluding hydrogens is 230 g/mol. The summed E-state index contributed by atoms with van der Waals surface area (Å²) in [4.78, 5) is 8.57. The summed E-state index contributed by atoms with van der Waals surface area (Å²) in [7, 11) is 0. The first-order chi connectivity index (χ1) is 7.04. The topological polar surface area (TPSA) is 37.8 Å². The van der Waals surface area contributed by atoms with Crippen LogP contribution < -0.4 is 5.32 Å². The van der Waals surface area contributed by atoms with Crippen LogP contribution in [0.4, 0.5) is 5.82 Å². The average Bonchev–Trinajstić information content (AvgIpc) is 2.21. The highest BCUT2D eigenvalue weighted by atomic mass is 35.5. The van der Waals surface area contributed by atoms with Crippen molar-refractivity contribution < 1.29 is 0 Å². The van der Waals surface area contributed by atoms with Gasteiger partial charge in [-0.2, -0.15) is 11.8 Å². The van der Waals surface area contributed by atoms with Gasteiger partial charge < -0.3 is 5.32 Å². The number of halogens is 1. The number of thioether (sulfide) groups is 1. The Morgan fingerprint density at radius 1 is 1.33 bits per heavy atom. The van der Waals surface area contributed by atoms with Gasteiger partial charge in [0.05, 0.1) is 11.4 Å². The van der Waals surface area contributed by atoms with Crippen LogP contribution in [0.5, 0.6) is 0 Å². The van der Waals surface area contributed by atoms with Crippen molar-refractivity contribution in [1.82, 2.24) is 9.97 Å². The van der Waals surface area contributed by atoms with Gasteiger partial charge in [0.15, 0.2) is 11.0 Å². The second-order valence-electron chi connectivity index (χ2n) is 3.46. The van der Waals surface area contributed by atoms with Crippen molar-refractivity contribution in [2.24, 2.45) is 0 Å². The third-order valence-electron chi connectivity index (χ3n) is 2.22. The lowest BCUT2D eigenvalue weighted by Gasteiger charge is -2.12. The molecule has 84 valence electrons. The summed E-state index contributed by atoms with van der Waals surface area (Å²) in [5.74, 6) is 0.681. The molecule has 0 aliphatic heterocycles. The zero-order valence-electron chi connectivity index (χ0n) is 9.47. The van der Waals surface area contributed by atoms with Crippen LogP contribution >= 0.6 is 23.4 Å². The SMILES string of the molecule is CSC(C)CNc1nc(C)c(C)nc1Cl. The van der Waals surface area contributed by atoms with Crippen molar-refractivity contribution in [2.75, 3.05) is 18.1 Å². The number of aromatic nitrogens is 2. The number of anilines is 1. The molecule has 1 heterocycles. The number of rotatable bonds is 4. The summed E-state index contributed by atoms with van der Waals surface area (Å²) in [6, 6.07) is 0. The van der Waals surface area contributed by atoms with Gasteiger partial charge in [0, 0.05) is 11.8 Å². The van der Waals surface area contributed by atoms with Gasteiger partial charge in [-0.3, -0.25) is 0 Å². The van der Waals surface area contributed by atoms with E-state index in [4.69, 9.17) is 11.6 Å². The normalized spacial score (nSPS) is 12.6. The van der Waals surface area contributed by atoms with Crippen LogP contribution in [0.3, 0.4) is 0 Å². The molecule has 0 radical (unpaired) electrons. The minimum Gasteiger partial charge on any atom is -0.366 e. The minimum atomic E-state index is 0.450. The number of aryl methyl sites for hydroxylation is 2. The van der Waals surface area contributed by atoms with Gasteiger partial charge in [-0.05, 0) is 20.1 Å². The van der Waals surface area contributed by atoms with Gasteiger partial charge in [0.1, 0.15) is 0 Å². The van der Waals surface area contributed by atoms with Crippen molar-refractivity contribution in [2.45, 2.75) is 26.0 Å². The summed E-state index contributed by atoms with van der Waals surface area (Å²) >= 11 is 7.79. The van der Waals surface area contributed by atoms with Crippen molar-refractivity contribution in [3.05, 3.63) is 16.5 Å². The molecule has 5 heteroatoms. The first kappa shape index (κ1) is 12.6. The van der Waals surface area contributed by atoms with Crippen molar-refractivity contribution in [3.8, 4) is 0 Å². The second-order valence-corrected chi connectivity index (χ2v) is 5.10. The molecule has 0 amide bonds. The summed E-state index contributed by atoms with van der Waals surface area (Å²) < 4.78 is 0. The number of hydrogen-bond donors (Lipinski definition) is 1. The summed E-state index contributed by atoms with van der Waals surface area (Å²) in [6.45, 7) is 6.84. The van der Waals surface area contributed by atoms with Crippen LogP contribution in [0, 0.1) is 13.8 Å². The van der Waals surface area contributed by atoms with Gasteiger partial charge in [0.2, 0.25) is 0 Å². The van der Waals surface area contributed by atoms with Crippen molar-refractivity contribution in [1.29, 1.82) is 0 Å². The highest BCUT2D eigenvalue weighted by Crippen LogP contribution is 2.19. The van der Waals surface area contributed by atoms with Crippen LogP contribution in [0.15, 0.2) is 0 Å². The maximum Gasteiger partial charge on any atom is 0.171 e. The molecule has 0 aromatic carbocycles. The summed E-state index contributed by atoms with van der Waals surface area (Å²) in [5, 5.41) is 4.19. The van der Waals surface area contributed by atoms with E-state index in [1.165, 1.54) is 0 Å². The molecule has 0 fully saturated rings. The van der Waals surface area contributed by atoms with E-state index in [0.29, 0.717) is 16.2 Å². The predicted molar refractivity (Wildman–Crippen MR) is 68.0 cm³/mol. The van der Waals surface area contributed by atoms with E-state index >= 15 is 0 Å². The molecular formula is C10H16ClN3S. The third-order valence-corrected chi connectivity index (χ3v) is 3.46. The number of nitrogens with one attached hydrogen (secondary N) is 1. The van der Waals surface area contributed by atoms with Crippen LogP contribution in [0.2, 0.25) is 5.15 Å². The van der Waals surface area contributed by atoms with Crippen LogP contribution in [-0.4, -0.2) is 28.0 Å². The lowest BCUT2D eigenvalue weighted by atomic mass is 10.3. The fraction of sp³-hybridized carbons (Fsp3) is 0.600. The molecule has 15 heavy (non-hydrogen) atoms. The summed E-state index contributed by atoms with van der Waals surface area (Å²) in [6.07, 6.45) is 2.08. The Hall–Kier alpha value is -0.480. The second kappa shape index (κ2) is 5.56. The molecule has 1 N–H and O–H groups in total. The molecule has 0 saturated heterocycles. The Bertz CT molecular complexity index is 344. The molecule has 1 unspecified atom stereocenters. The van der Waals surface area contributed by atoms with E-state index in [0.717, 1.165) is 17.9 Å². The molecule has 0 saturated carbocycles. The lowest BCUT2D eigenvalue weighted by molar-refractivity contribution is 0.968. The van der Waals surface area contributed by atoms with Crippen molar-refractivity contribution >= 4 is 29.2 Å². The number of hydrogen-bond acceptors (Lipinski definition) is 4. The van der Waals surface area contributed by atoms with Crippen LogP contribution in [0.25, 0.3) is 0 Å². The zero-order chi connectivity index (χ0) is 11.4. The minimum absolute atomic E-state index is 0.450. The maximum atomic E-state index is 5.99. The van der Waals surface area contributed by atoms with E-state index < -0.39 is 0 Å². The molecule has 1 rings (SSSR count). The largest absolute Gasteiger partial charge is 0.366 e. The Labute approximate surface area is 100 Å². The van der Waals surface area contributed by atoms with Gasteiger partial charge in [-0.1, -0.05) is 18.5 Å².